The zero-order chi connectivity index (χ0) is 24.8. The van der Waals surface area contributed by atoms with Crippen molar-refractivity contribution in [1.82, 2.24) is 20.3 Å². The van der Waals surface area contributed by atoms with E-state index in [0.29, 0.717) is 47.0 Å². The van der Waals surface area contributed by atoms with Gasteiger partial charge in [-0.25, -0.2) is 19.3 Å². The molecule has 1 unspecified atom stereocenters. The van der Waals surface area contributed by atoms with Gasteiger partial charge in [0.2, 0.25) is 17.7 Å². The van der Waals surface area contributed by atoms with Crippen LogP contribution in [0.1, 0.15) is 29.0 Å². The first-order chi connectivity index (χ1) is 17.5. The van der Waals surface area contributed by atoms with Gasteiger partial charge in [-0.2, -0.15) is 0 Å². The highest BCUT2D eigenvalue weighted by Gasteiger charge is 2.28. The zero-order valence-corrected chi connectivity index (χ0v) is 20.0. The molecule has 2 aliphatic rings. The third kappa shape index (κ3) is 3.77. The minimum Gasteiger partial charge on any atom is -0.474 e. The van der Waals surface area contributed by atoms with Gasteiger partial charge in [0.25, 0.3) is 0 Å². The molecular formula is C27H25FN6O2. The molecule has 3 N–H and O–H groups in total. The average molecular weight is 485 g/mol. The second-order valence-electron chi connectivity index (χ2n) is 9.08. The topological polar surface area (TPSA) is 101 Å². The highest BCUT2D eigenvalue weighted by molar-refractivity contribution is 5.87. The van der Waals surface area contributed by atoms with E-state index in [0.717, 1.165) is 40.9 Å². The van der Waals surface area contributed by atoms with E-state index in [-0.39, 0.29) is 17.6 Å². The molecule has 2 aromatic carbocycles. The Balaban J connectivity index is 1.32. The number of aromatic nitrogens is 3. The fraction of sp³-hybridized carbons (Fsp3) is 0.259. The summed E-state index contributed by atoms with van der Waals surface area (Å²) < 4.78 is 20.7. The summed E-state index contributed by atoms with van der Waals surface area (Å²) in [6, 6.07) is 9.14. The van der Waals surface area contributed by atoms with Gasteiger partial charge >= 0.3 is 0 Å². The fourth-order valence-corrected chi connectivity index (χ4v) is 5.08. The third-order valence-corrected chi connectivity index (χ3v) is 6.94. The maximum atomic E-state index is 15.1. The first-order valence-electron chi connectivity index (χ1n) is 12.0. The van der Waals surface area contributed by atoms with Crippen molar-refractivity contribution < 1.29 is 13.9 Å². The number of fused-ring (bicyclic) bond motifs is 3. The van der Waals surface area contributed by atoms with E-state index in [1.54, 1.807) is 25.5 Å². The molecule has 0 radical (unpaired) electrons. The number of anilines is 3. The van der Waals surface area contributed by atoms with Crippen molar-refractivity contribution in [3.05, 3.63) is 65.2 Å². The fourth-order valence-electron chi connectivity index (χ4n) is 5.08. The number of benzene rings is 2. The van der Waals surface area contributed by atoms with Gasteiger partial charge in [0, 0.05) is 48.2 Å². The van der Waals surface area contributed by atoms with Gasteiger partial charge in [-0.1, -0.05) is 6.07 Å². The van der Waals surface area contributed by atoms with Gasteiger partial charge in [0.05, 0.1) is 11.4 Å². The molecule has 0 bridgehead atoms. The summed E-state index contributed by atoms with van der Waals surface area (Å²) in [6.07, 6.45) is 4.90. The number of hydrogen-bond acceptors (Lipinski definition) is 7. The SMILES string of the molecule is CNC(=O)C1CCc2cc(Nc3ncc4cc(F)c(-c5cnc6c(c5C)NCCO6)cc4n3)ccc21. The van der Waals surface area contributed by atoms with Crippen LogP contribution in [0.2, 0.25) is 0 Å². The lowest BCUT2D eigenvalue weighted by molar-refractivity contribution is -0.122. The van der Waals surface area contributed by atoms with E-state index in [1.165, 1.54) is 6.07 Å². The monoisotopic (exact) mass is 484 g/mol. The smallest absolute Gasteiger partial charge is 0.237 e. The lowest BCUT2D eigenvalue weighted by atomic mass is 9.99. The number of rotatable bonds is 4. The molecule has 1 aliphatic carbocycles. The van der Waals surface area contributed by atoms with Gasteiger partial charge in [-0.3, -0.25) is 4.79 Å². The summed E-state index contributed by atoms with van der Waals surface area (Å²) in [5.74, 6) is 0.526. The number of carbonyl (C=O) groups is 1. The van der Waals surface area contributed by atoms with Crippen LogP contribution < -0.4 is 20.7 Å². The predicted octanol–water partition coefficient (Wildman–Crippen LogP) is 4.46. The van der Waals surface area contributed by atoms with Crippen molar-refractivity contribution in [2.75, 3.05) is 30.8 Å². The third-order valence-electron chi connectivity index (χ3n) is 6.94. The standard InChI is InChI=1S/C27H25FN6O2/c1-14-21(13-31-26-24(14)30-7-8-36-26)20-11-23-16(10-22(20)28)12-32-27(34-23)33-17-4-6-18-15(9-17)3-5-19(18)25(35)29-2/h4,6,9-13,19,30H,3,5,7-8H2,1-2H3,(H,29,35)(H,32,33,34). The van der Waals surface area contributed by atoms with Gasteiger partial charge in [-0.15, -0.1) is 0 Å². The summed E-state index contributed by atoms with van der Waals surface area (Å²) in [7, 11) is 1.67. The Morgan fingerprint density at radius 3 is 2.92 bits per heavy atom. The lowest BCUT2D eigenvalue weighted by Gasteiger charge is -2.21. The highest BCUT2D eigenvalue weighted by atomic mass is 19.1. The number of amides is 1. The zero-order valence-electron chi connectivity index (χ0n) is 20.0. The Morgan fingerprint density at radius 1 is 1.17 bits per heavy atom. The first-order valence-corrected chi connectivity index (χ1v) is 12.0. The van der Waals surface area contributed by atoms with E-state index < -0.39 is 0 Å². The van der Waals surface area contributed by atoms with Crippen LogP contribution in [-0.2, 0) is 11.2 Å². The second-order valence-corrected chi connectivity index (χ2v) is 9.08. The van der Waals surface area contributed by atoms with E-state index in [4.69, 9.17) is 4.74 Å². The molecule has 36 heavy (non-hydrogen) atoms. The van der Waals surface area contributed by atoms with Crippen molar-refractivity contribution in [3.63, 3.8) is 0 Å². The van der Waals surface area contributed by atoms with Crippen molar-refractivity contribution >= 4 is 34.1 Å². The summed E-state index contributed by atoms with van der Waals surface area (Å²) in [6.45, 7) is 3.15. The number of likely N-dealkylation sites (N-methyl/N-ethyl adjacent to an activating group) is 1. The largest absolute Gasteiger partial charge is 0.474 e. The maximum absolute atomic E-state index is 15.1. The lowest BCUT2D eigenvalue weighted by Crippen LogP contribution is -2.24. The van der Waals surface area contributed by atoms with Crippen molar-refractivity contribution in [1.29, 1.82) is 0 Å². The molecule has 0 spiro atoms. The van der Waals surface area contributed by atoms with Crippen molar-refractivity contribution in [2.45, 2.75) is 25.7 Å². The van der Waals surface area contributed by atoms with Gasteiger partial charge in [0.1, 0.15) is 18.1 Å². The number of ether oxygens (including phenoxy) is 1. The summed E-state index contributed by atoms with van der Waals surface area (Å²) in [4.78, 5) is 25.5. The van der Waals surface area contributed by atoms with Crippen LogP contribution in [0.5, 0.6) is 5.88 Å². The van der Waals surface area contributed by atoms with Crippen LogP contribution in [0.15, 0.2) is 42.7 Å². The number of nitrogens with one attached hydrogen (secondary N) is 3. The molecule has 8 nitrogen and oxygen atoms in total. The molecule has 1 atom stereocenters. The van der Waals surface area contributed by atoms with Gasteiger partial charge < -0.3 is 20.7 Å². The highest BCUT2D eigenvalue weighted by Crippen LogP contribution is 2.38. The molecule has 182 valence electrons. The molecule has 6 rings (SSSR count). The number of carbonyl (C=O) groups excluding carboxylic acids is 1. The van der Waals surface area contributed by atoms with Crippen LogP contribution in [0.3, 0.4) is 0 Å². The molecule has 0 saturated heterocycles. The summed E-state index contributed by atoms with van der Waals surface area (Å²) in [5, 5.41) is 9.90. The summed E-state index contributed by atoms with van der Waals surface area (Å²) in [5.41, 5.74) is 6.44. The van der Waals surface area contributed by atoms with E-state index >= 15 is 4.39 Å². The minimum absolute atomic E-state index is 0.0445. The van der Waals surface area contributed by atoms with Crippen molar-refractivity contribution in [3.8, 4) is 17.0 Å². The Morgan fingerprint density at radius 2 is 2.06 bits per heavy atom. The van der Waals surface area contributed by atoms with E-state index in [1.807, 2.05) is 25.1 Å². The Kier molecular flexibility index (Phi) is 5.40. The number of aryl methyl sites for hydroxylation is 1. The maximum Gasteiger partial charge on any atom is 0.237 e. The summed E-state index contributed by atoms with van der Waals surface area (Å²) >= 11 is 0. The molecule has 4 aromatic rings. The van der Waals surface area contributed by atoms with Gasteiger partial charge in [-0.05, 0) is 60.7 Å². The number of nitrogens with zero attached hydrogens (tertiary/aromatic N) is 3. The van der Waals surface area contributed by atoms with E-state index in [9.17, 15) is 4.79 Å². The molecule has 1 aliphatic heterocycles. The molecule has 9 heteroatoms. The van der Waals surface area contributed by atoms with Crippen molar-refractivity contribution in [2.24, 2.45) is 0 Å². The predicted molar refractivity (Wildman–Crippen MR) is 136 cm³/mol. The Bertz CT molecular complexity index is 1520. The number of halogens is 1. The van der Waals surface area contributed by atoms with Gasteiger partial charge in [0.15, 0.2) is 0 Å². The molecule has 2 aromatic heterocycles. The Hall–Kier alpha value is -4.27. The Labute approximate surface area is 207 Å². The second kappa shape index (κ2) is 8.75. The molecular weight excluding hydrogens is 459 g/mol. The molecule has 1 amide bonds. The van der Waals surface area contributed by atoms with Crippen LogP contribution in [0, 0.1) is 12.7 Å². The molecule has 0 saturated carbocycles. The normalized spacial score (nSPS) is 16.0. The average Bonchev–Trinajstić information content (AvgIpc) is 3.32. The van der Waals surface area contributed by atoms with Crippen LogP contribution in [-0.4, -0.2) is 41.1 Å². The van der Waals surface area contributed by atoms with Crippen LogP contribution in [0.4, 0.5) is 21.7 Å². The van der Waals surface area contributed by atoms with E-state index in [2.05, 4.69) is 30.9 Å². The molecule has 3 heterocycles. The van der Waals surface area contributed by atoms with Crippen LogP contribution >= 0.6 is 0 Å². The number of hydrogen-bond donors (Lipinski definition) is 3. The first kappa shape index (κ1) is 22.2. The quantitative estimate of drug-likeness (QED) is 0.393. The number of pyridine rings is 1. The minimum atomic E-state index is -0.363. The molecule has 0 fully saturated rings. The van der Waals surface area contributed by atoms with Crippen LogP contribution in [0.25, 0.3) is 22.0 Å².